The van der Waals surface area contributed by atoms with Crippen molar-refractivity contribution in [2.45, 2.75) is 26.5 Å². The van der Waals surface area contributed by atoms with E-state index in [-0.39, 0.29) is 0 Å². The van der Waals surface area contributed by atoms with Gasteiger partial charge in [0.25, 0.3) is 0 Å². The van der Waals surface area contributed by atoms with Crippen LogP contribution in [0.1, 0.15) is 5.56 Å². The molecular formula is C19H14S2. The normalized spacial score (nSPS) is 12.6. The first-order valence-electron chi connectivity index (χ1n) is 6.96. The molecule has 0 aromatic heterocycles. The van der Waals surface area contributed by atoms with Gasteiger partial charge in [0.1, 0.15) is 0 Å². The summed E-state index contributed by atoms with van der Waals surface area (Å²) in [6.07, 6.45) is 0. The molecule has 0 saturated heterocycles. The summed E-state index contributed by atoms with van der Waals surface area (Å²) >= 11 is 3.76. The van der Waals surface area contributed by atoms with Crippen molar-refractivity contribution in [3.8, 4) is 11.1 Å². The number of hydrogen-bond donors (Lipinski definition) is 0. The van der Waals surface area contributed by atoms with Crippen LogP contribution < -0.4 is 0 Å². The van der Waals surface area contributed by atoms with Crippen LogP contribution in [0.2, 0.25) is 0 Å². The molecule has 0 atom stereocenters. The van der Waals surface area contributed by atoms with Gasteiger partial charge in [0.15, 0.2) is 0 Å². The smallest absolute Gasteiger partial charge is 0.0340 e. The van der Waals surface area contributed by atoms with Gasteiger partial charge < -0.3 is 0 Å². The molecule has 3 aromatic carbocycles. The third-order valence-corrected chi connectivity index (χ3v) is 6.24. The van der Waals surface area contributed by atoms with Crippen LogP contribution in [0.5, 0.6) is 0 Å². The molecule has 0 radical (unpaired) electrons. The minimum atomic E-state index is 1.30. The number of hydrogen-bond acceptors (Lipinski definition) is 2. The molecule has 4 rings (SSSR count). The van der Waals surface area contributed by atoms with Gasteiger partial charge in [0.2, 0.25) is 0 Å². The van der Waals surface area contributed by atoms with E-state index in [1.54, 1.807) is 0 Å². The lowest BCUT2D eigenvalue weighted by Crippen LogP contribution is -1.92. The van der Waals surface area contributed by atoms with Crippen LogP contribution >= 0.6 is 23.5 Å². The highest BCUT2D eigenvalue weighted by Gasteiger charge is 2.19. The molecule has 1 heterocycles. The first-order chi connectivity index (χ1) is 10.3. The van der Waals surface area contributed by atoms with Gasteiger partial charge in [-0.1, -0.05) is 77.6 Å². The van der Waals surface area contributed by atoms with Crippen molar-refractivity contribution in [1.82, 2.24) is 0 Å². The Morgan fingerprint density at radius 1 is 0.619 bits per heavy atom. The molecule has 0 nitrogen and oxygen atoms in total. The van der Waals surface area contributed by atoms with Crippen LogP contribution in [-0.2, 0) is 0 Å². The SMILES string of the molecule is Cc1ccc(-c2cccc3c2Sc2ccccc2S3)cc1. The third kappa shape index (κ3) is 2.39. The van der Waals surface area contributed by atoms with Gasteiger partial charge >= 0.3 is 0 Å². The predicted molar refractivity (Wildman–Crippen MR) is 91.3 cm³/mol. The van der Waals surface area contributed by atoms with E-state index in [9.17, 15) is 0 Å². The van der Waals surface area contributed by atoms with Gasteiger partial charge in [0, 0.05) is 19.6 Å². The second kappa shape index (κ2) is 5.28. The van der Waals surface area contributed by atoms with Crippen molar-refractivity contribution in [2.24, 2.45) is 0 Å². The maximum Gasteiger partial charge on any atom is 0.0340 e. The van der Waals surface area contributed by atoms with Crippen molar-refractivity contribution >= 4 is 23.5 Å². The lowest BCUT2D eigenvalue weighted by atomic mass is 10.0. The fourth-order valence-electron chi connectivity index (χ4n) is 2.51. The summed E-state index contributed by atoms with van der Waals surface area (Å²) in [5.41, 5.74) is 3.93. The van der Waals surface area contributed by atoms with Gasteiger partial charge in [-0.05, 0) is 36.2 Å². The highest BCUT2D eigenvalue weighted by molar-refractivity contribution is 8.05. The molecule has 1 aliphatic heterocycles. The zero-order valence-corrected chi connectivity index (χ0v) is 13.3. The molecule has 0 amide bonds. The lowest BCUT2D eigenvalue weighted by molar-refractivity contribution is 1.16. The van der Waals surface area contributed by atoms with E-state index in [1.807, 2.05) is 23.5 Å². The Kier molecular flexibility index (Phi) is 3.28. The van der Waals surface area contributed by atoms with E-state index in [4.69, 9.17) is 0 Å². The van der Waals surface area contributed by atoms with Crippen molar-refractivity contribution in [3.05, 3.63) is 72.3 Å². The predicted octanol–water partition coefficient (Wildman–Crippen LogP) is 6.28. The fourth-order valence-corrected chi connectivity index (χ4v) is 4.91. The quantitative estimate of drug-likeness (QED) is 0.406. The monoisotopic (exact) mass is 306 g/mol. The standard InChI is InChI=1S/C19H14S2/c1-13-9-11-14(12-10-13)15-5-4-8-18-19(15)21-17-7-3-2-6-16(17)20-18/h2-12H,1H3. The Balaban J connectivity index is 1.84. The molecule has 0 saturated carbocycles. The van der Waals surface area contributed by atoms with E-state index in [0.717, 1.165) is 0 Å². The molecule has 2 heteroatoms. The Hall–Kier alpha value is -1.64. The Bertz CT molecular complexity index is 804. The van der Waals surface area contributed by atoms with E-state index in [0.29, 0.717) is 0 Å². The molecule has 102 valence electrons. The van der Waals surface area contributed by atoms with Gasteiger partial charge in [-0.15, -0.1) is 0 Å². The summed E-state index contributed by atoms with van der Waals surface area (Å²) in [5.74, 6) is 0. The maximum atomic E-state index is 2.23. The largest absolute Gasteiger partial charge is 0.0877 e. The second-order valence-electron chi connectivity index (χ2n) is 5.15. The van der Waals surface area contributed by atoms with E-state index in [1.165, 1.54) is 36.3 Å². The van der Waals surface area contributed by atoms with Crippen molar-refractivity contribution < 1.29 is 0 Å². The molecule has 0 aliphatic carbocycles. The average molecular weight is 306 g/mol. The van der Waals surface area contributed by atoms with Gasteiger partial charge in [-0.2, -0.15) is 0 Å². The van der Waals surface area contributed by atoms with Gasteiger partial charge in [0.05, 0.1) is 0 Å². The zero-order valence-electron chi connectivity index (χ0n) is 11.7. The Morgan fingerprint density at radius 2 is 1.29 bits per heavy atom. The highest BCUT2D eigenvalue weighted by Crippen LogP contribution is 2.51. The van der Waals surface area contributed by atoms with E-state index >= 15 is 0 Å². The molecule has 0 spiro atoms. The van der Waals surface area contributed by atoms with E-state index < -0.39 is 0 Å². The summed E-state index contributed by atoms with van der Waals surface area (Å²) in [6.45, 7) is 2.13. The Labute approximate surface area is 133 Å². The highest BCUT2D eigenvalue weighted by atomic mass is 32.2. The Morgan fingerprint density at radius 3 is 2.05 bits per heavy atom. The molecule has 0 bridgehead atoms. The molecule has 0 unspecified atom stereocenters. The van der Waals surface area contributed by atoms with Crippen LogP contribution in [0, 0.1) is 6.92 Å². The molecule has 3 aromatic rings. The van der Waals surface area contributed by atoms with Crippen LogP contribution in [0.15, 0.2) is 86.3 Å². The summed E-state index contributed by atoms with van der Waals surface area (Å²) in [4.78, 5) is 5.45. The number of aryl methyl sites for hydroxylation is 1. The molecule has 1 aliphatic rings. The van der Waals surface area contributed by atoms with Crippen LogP contribution in [0.3, 0.4) is 0 Å². The van der Waals surface area contributed by atoms with Crippen LogP contribution in [0.25, 0.3) is 11.1 Å². The van der Waals surface area contributed by atoms with Gasteiger partial charge in [-0.25, -0.2) is 0 Å². The molecule has 21 heavy (non-hydrogen) atoms. The fraction of sp³-hybridized carbons (Fsp3) is 0.0526. The summed E-state index contributed by atoms with van der Waals surface area (Å²) < 4.78 is 0. The lowest BCUT2D eigenvalue weighted by Gasteiger charge is -2.21. The number of fused-ring (bicyclic) bond motifs is 2. The topological polar surface area (TPSA) is 0 Å². The zero-order chi connectivity index (χ0) is 14.2. The first-order valence-corrected chi connectivity index (χ1v) is 8.59. The first kappa shape index (κ1) is 13.1. The van der Waals surface area contributed by atoms with Crippen molar-refractivity contribution in [2.75, 3.05) is 0 Å². The summed E-state index contributed by atoms with van der Waals surface area (Å²) in [6, 6.07) is 24.1. The van der Waals surface area contributed by atoms with E-state index in [2.05, 4.69) is 73.7 Å². The minimum Gasteiger partial charge on any atom is -0.0877 e. The van der Waals surface area contributed by atoms with Gasteiger partial charge in [-0.3, -0.25) is 0 Å². The van der Waals surface area contributed by atoms with Crippen LogP contribution in [-0.4, -0.2) is 0 Å². The molecular weight excluding hydrogens is 292 g/mol. The summed E-state index contributed by atoms with van der Waals surface area (Å²) in [5, 5.41) is 0. The third-order valence-electron chi connectivity index (χ3n) is 3.62. The second-order valence-corrected chi connectivity index (χ2v) is 7.29. The number of rotatable bonds is 1. The minimum absolute atomic E-state index is 1.30. The average Bonchev–Trinajstić information content (AvgIpc) is 2.53. The van der Waals surface area contributed by atoms with Crippen LogP contribution in [0.4, 0.5) is 0 Å². The molecule has 0 fully saturated rings. The maximum absolute atomic E-state index is 2.23. The van der Waals surface area contributed by atoms with Crippen molar-refractivity contribution in [3.63, 3.8) is 0 Å². The summed E-state index contributed by atoms with van der Waals surface area (Å²) in [7, 11) is 0. The van der Waals surface area contributed by atoms with Crippen molar-refractivity contribution in [1.29, 1.82) is 0 Å². The molecule has 0 N–H and O–H groups in total. The number of benzene rings is 3.